The molecule has 3 N–H and O–H groups in total. The fourth-order valence-corrected chi connectivity index (χ4v) is 1.27. The van der Waals surface area contributed by atoms with Crippen LogP contribution in [-0.4, -0.2) is 54.1 Å². The maximum atomic E-state index is 8.71. The Balaban J connectivity index is 2.52. The van der Waals surface area contributed by atoms with E-state index in [1.165, 1.54) is 0 Å². The molecule has 1 saturated heterocycles. The highest BCUT2D eigenvalue weighted by atomic mass is 15.7. The number of guanidine groups is 1. The molecule has 6 heteroatoms. The summed E-state index contributed by atoms with van der Waals surface area (Å²) in [5.74, 6) is -0.216. The zero-order valence-electron chi connectivity index (χ0n) is 7.69. The molecule has 0 bridgehead atoms. The van der Waals surface area contributed by atoms with E-state index in [4.69, 9.17) is 16.4 Å². The second kappa shape index (κ2) is 4.07. The fourth-order valence-electron chi connectivity index (χ4n) is 1.27. The van der Waals surface area contributed by atoms with Crippen molar-refractivity contribution in [3.05, 3.63) is 0 Å². The van der Waals surface area contributed by atoms with E-state index < -0.39 is 0 Å². The van der Waals surface area contributed by atoms with Crippen molar-refractivity contribution in [1.29, 1.82) is 10.7 Å². The maximum absolute atomic E-state index is 8.71. The molecule has 0 saturated carbocycles. The molecule has 0 aromatic heterocycles. The second-order valence-corrected chi connectivity index (χ2v) is 3.05. The lowest BCUT2D eigenvalue weighted by atomic mass is 10.4. The summed E-state index contributed by atoms with van der Waals surface area (Å²) in [6.45, 7) is 3.27. The first kappa shape index (κ1) is 9.77. The summed E-state index contributed by atoms with van der Waals surface area (Å²) in [6, 6.07) is 0. The summed E-state index contributed by atoms with van der Waals surface area (Å²) in [7, 11) is 2.03. The maximum Gasteiger partial charge on any atom is 0.217 e. The standard InChI is InChI=1S/C7H14N6/c1-11-2-4-12(5-3-11)13(6-8)7(9)10/h2-5H2,1H3,(H3,9,10). The number of nitriles is 1. The van der Waals surface area contributed by atoms with Crippen LogP contribution in [-0.2, 0) is 0 Å². The first-order valence-corrected chi connectivity index (χ1v) is 4.12. The molecule has 0 unspecified atom stereocenters. The highest BCUT2D eigenvalue weighted by Gasteiger charge is 2.20. The molecule has 6 nitrogen and oxygen atoms in total. The van der Waals surface area contributed by atoms with Crippen LogP contribution in [0, 0.1) is 16.9 Å². The van der Waals surface area contributed by atoms with E-state index in [0.29, 0.717) is 0 Å². The van der Waals surface area contributed by atoms with Gasteiger partial charge in [-0.3, -0.25) is 5.41 Å². The van der Waals surface area contributed by atoms with E-state index in [1.807, 2.05) is 13.2 Å². The van der Waals surface area contributed by atoms with Crippen molar-refractivity contribution in [3.63, 3.8) is 0 Å². The van der Waals surface area contributed by atoms with Crippen LogP contribution in [0.25, 0.3) is 0 Å². The Kier molecular flexibility index (Phi) is 3.06. The molecular weight excluding hydrogens is 168 g/mol. The largest absolute Gasteiger partial charge is 0.368 e. The van der Waals surface area contributed by atoms with Crippen LogP contribution in [0.5, 0.6) is 0 Å². The Morgan fingerprint density at radius 2 is 2.00 bits per heavy atom. The van der Waals surface area contributed by atoms with Crippen molar-refractivity contribution >= 4 is 5.96 Å². The second-order valence-electron chi connectivity index (χ2n) is 3.05. The quantitative estimate of drug-likeness (QED) is 0.231. The van der Waals surface area contributed by atoms with Gasteiger partial charge in [0.05, 0.1) is 0 Å². The van der Waals surface area contributed by atoms with Crippen LogP contribution in [0.1, 0.15) is 0 Å². The van der Waals surface area contributed by atoms with Gasteiger partial charge in [-0.1, -0.05) is 0 Å². The first-order valence-electron chi connectivity index (χ1n) is 4.12. The minimum Gasteiger partial charge on any atom is -0.368 e. The van der Waals surface area contributed by atoms with E-state index in [-0.39, 0.29) is 5.96 Å². The van der Waals surface area contributed by atoms with Crippen LogP contribution < -0.4 is 5.73 Å². The van der Waals surface area contributed by atoms with Crippen LogP contribution in [0.4, 0.5) is 0 Å². The topological polar surface area (TPSA) is 83.4 Å². The molecule has 0 radical (unpaired) electrons. The van der Waals surface area contributed by atoms with Crippen molar-refractivity contribution in [2.75, 3.05) is 33.2 Å². The number of piperazine rings is 1. The number of hydrogen-bond donors (Lipinski definition) is 2. The van der Waals surface area contributed by atoms with Gasteiger partial charge in [-0.25, -0.2) is 5.01 Å². The number of likely N-dealkylation sites (N-methyl/N-ethyl adjacent to an activating group) is 1. The Hall–Kier alpha value is -1.32. The van der Waals surface area contributed by atoms with Gasteiger partial charge in [-0.2, -0.15) is 10.3 Å². The number of rotatable bonds is 1. The Labute approximate surface area is 77.6 Å². The summed E-state index contributed by atoms with van der Waals surface area (Å²) < 4.78 is 0. The Morgan fingerprint density at radius 1 is 1.46 bits per heavy atom. The Bertz CT molecular complexity index is 224. The van der Waals surface area contributed by atoms with E-state index in [0.717, 1.165) is 31.2 Å². The van der Waals surface area contributed by atoms with Gasteiger partial charge in [-0.05, 0) is 7.05 Å². The van der Waals surface area contributed by atoms with Crippen LogP contribution >= 0.6 is 0 Å². The lowest BCUT2D eigenvalue weighted by molar-refractivity contribution is 0.0406. The van der Waals surface area contributed by atoms with Crippen LogP contribution in [0.3, 0.4) is 0 Å². The van der Waals surface area contributed by atoms with Crippen LogP contribution in [0.2, 0.25) is 0 Å². The fraction of sp³-hybridized carbons (Fsp3) is 0.714. The van der Waals surface area contributed by atoms with Crippen molar-refractivity contribution < 1.29 is 0 Å². The molecule has 13 heavy (non-hydrogen) atoms. The summed E-state index contributed by atoms with van der Waals surface area (Å²) in [5, 5.41) is 18.8. The van der Waals surface area contributed by atoms with Gasteiger partial charge in [0.1, 0.15) is 0 Å². The summed E-state index contributed by atoms with van der Waals surface area (Å²) in [6.07, 6.45) is 1.88. The predicted molar refractivity (Wildman–Crippen MR) is 48.4 cm³/mol. The summed E-state index contributed by atoms with van der Waals surface area (Å²) in [5.41, 5.74) is 5.24. The van der Waals surface area contributed by atoms with Gasteiger partial charge in [0.15, 0.2) is 0 Å². The molecule has 1 aliphatic rings. The average Bonchev–Trinajstić information content (AvgIpc) is 2.09. The lowest BCUT2D eigenvalue weighted by Gasteiger charge is -2.35. The van der Waals surface area contributed by atoms with Gasteiger partial charge in [0, 0.05) is 26.2 Å². The van der Waals surface area contributed by atoms with Gasteiger partial charge in [-0.15, -0.1) is 0 Å². The van der Waals surface area contributed by atoms with Crippen molar-refractivity contribution in [1.82, 2.24) is 14.9 Å². The van der Waals surface area contributed by atoms with E-state index in [2.05, 4.69) is 4.90 Å². The van der Waals surface area contributed by atoms with Gasteiger partial charge in [0.2, 0.25) is 12.2 Å². The van der Waals surface area contributed by atoms with Crippen molar-refractivity contribution in [3.8, 4) is 6.19 Å². The predicted octanol–water partition coefficient (Wildman–Crippen LogP) is -1.17. The molecular formula is C7H14N6. The average molecular weight is 182 g/mol. The first-order chi connectivity index (χ1) is 6.15. The number of hydrazine groups is 1. The number of hydrogen-bond acceptors (Lipinski definition) is 4. The molecule has 0 spiro atoms. The minimum atomic E-state index is -0.216. The molecule has 1 fully saturated rings. The minimum absolute atomic E-state index is 0.216. The Morgan fingerprint density at radius 3 is 2.38 bits per heavy atom. The number of nitrogens with zero attached hydrogens (tertiary/aromatic N) is 4. The summed E-state index contributed by atoms with van der Waals surface area (Å²) >= 11 is 0. The molecule has 1 heterocycles. The third-order valence-electron chi connectivity index (χ3n) is 2.09. The van der Waals surface area contributed by atoms with E-state index in [1.54, 1.807) is 5.01 Å². The van der Waals surface area contributed by atoms with Gasteiger partial charge < -0.3 is 10.6 Å². The summed E-state index contributed by atoms with van der Waals surface area (Å²) in [4.78, 5) is 2.17. The number of nitrogens with two attached hydrogens (primary N) is 1. The molecule has 0 aromatic carbocycles. The SMILES string of the molecule is CN1CCN(N(C#N)C(=N)N)CC1. The smallest absolute Gasteiger partial charge is 0.217 e. The normalized spacial score (nSPS) is 19.4. The zero-order valence-corrected chi connectivity index (χ0v) is 7.69. The molecule has 0 aromatic rings. The monoisotopic (exact) mass is 182 g/mol. The third-order valence-corrected chi connectivity index (χ3v) is 2.09. The van der Waals surface area contributed by atoms with Crippen molar-refractivity contribution in [2.45, 2.75) is 0 Å². The molecule has 0 aliphatic carbocycles. The zero-order chi connectivity index (χ0) is 9.84. The lowest BCUT2D eigenvalue weighted by Crippen LogP contribution is -2.54. The third kappa shape index (κ3) is 2.31. The molecule has 0 atom stereocenters. The highest BCUT2D eigenvalue weighted by Crippen LogP contribution is 2.02. The molecule has 72 valence electrons. The van der Waals surface area contributed by atoms with Gasteiger partial charge in [0.25, 0.3) is 0 Å². The molecule has 1 aliphatic heterocycles. The highest BCUT2D eigenvalue weighted by molar-refractivity contribution is 5.75. The number of nitrogens with one attached hydrogen (secondary N) is 1. The van der Waals surface area contributed by atoms with Gasteiger partial charge >= 0.3 is 0 Å². The van der Waals surface area contributed by atoms with Crippen molar-refractivity contribution in [2.24, 2.45) is 5.73 Å². The van der Waals surface area contributed by atoms with Crippen LogP contribution in [0.15, 0.2) is 0 Å². The molecule has 1 rings (SSSR count). The molecule has 0 amide bonds. The van der Waals surface area contributed by atoms with E-state index >= 15 is 0 Å². The van der Waals surface area contributed by atoms with E-state index in [9.17, 15) is 0 Å².